The molecule has 4 nitrogen and oxygen atoms in total. The Morgan fingerprint density at radius 2 is 2.08 bits per heavy atom. The van der Waals surface area contributed by atoms with Crippen molar-refractivity contribution >= 4 is 34.8 Å². The minimum absolute atomic E-state index is 0.0567. The van der Waals surface area contributed by atoms with E-state index in [9.17, 15) is 14.0 Å². The van der Waals surface area contributed by atoms with Crippen molar-refractivity contribution in [1.29, 1.82) is 0 Å². The number of nitrogens with one attached hydrogen (secondary N) is 1. The van der Waals surface area contributed by atoms with Crippen molar-refractivity contribution in [3.05, 3.63) is 58.9 Å². The molecule has 6 heteroatoms. The van der Waals surface area contributed by atoms with Crippen LogP contribution in [-0.2, 0) is 16.0 Å². The second-order valence-corrected chi connectivity index (χ2v) is 6.41. The summed E-state index contributed by atoms with van der Waals surface area (Å²) in [5, 5.41) is 2.65. The van der Waals surface area contributed by atoms with Crippen LogP contribution >= 0.6 is 11.6 Å². The topological polar surface area (TPSA) is 49.4 Å². The van der Waals surface area contributed by atoms with Gasteiger partial charge in [0.2, 0.25) is 11.8 Å². The first-order valence-corrected chi connectivity index (χ1v) is 8.51. The van der Waals surface area contributed by atoms with Crippen molar-refractivity contribution in [3.63, 3.8) is 0 Å². The number of para-hydroxylation sites is 1. The molecule has 1 heterocycles. The number of amides is 2. The molecule has 25 heavy (non-hydrogen) atoms. The summed E-state index contributed by atoms with van der Waals surface area (Å²) < 4.78 is 13.2. The van der Waals surface area contributed by atoms with Gasteiger partial charge in [-0.2, -0.15) is 0 Å². The van der Waals surface area contributed by atoms with E-state index in [0.717, 1.165) is 17.7 Å². The van der Waals surface area contributed by atoms with Gasteiger partial charge in [0.15, 0.2) is 0 Å². The Kier molecular flexibility index (Phi) is 5.04. The Hall–Kier alpha value is -2.40. The van der Waals surface area contributed by atoms with E-state index in [4.69, 9.17) is 11.6 Å². The van der Waals surface area contributed by atoms with Gasteiger partial charge in [0.1, 0.15) is 5.82 Å². The summed E-state index contributed by atoms with van der Waals surface area (Å²) in [6, 6.07) is 11.7. The van der Waals surface area contributed by atoms with E-state index in [1.54, 1.807) is 4.90 Å². The molecule has 1 N–H and O–H groups in total. The molecule has 0 unspecified atom stereocenters. The highest BCUT2D eigenvalue weighted by Crippen LogP contribution is 2.29. The number of hydrogen-bond acceptors (Lipinski definition) is 2. The number of benzene rings is 2. The van der Waals surface area contributed by atoms with E-state index in [-0.39, 0.29) is 23.3 Å². The van der Waals surface area contributed by atoms with Gasteiger partial charge >= 0.3 is 0 Å². The monoisotopic (exact) mass is 360 g/mol. The van der Waals surface area contributed by atoms with Gasteiger partial charge in [-0.3, -0.25) is 9.59 Å². The molecule has 3 rings (SSSR count). The lowest BCUT2D eigenvalue weighted by atomic mass is 10.1. The number of aryl methyl sites for hydroxylation is 1. The first kappa shape index (κ1) is 17.4. The lowest BCUT2D eigenvalue weighted by Crippen LogP contribution is -2.28. The SMILES string of the molecule is CCc1ccccc1N1C[C@@H](C(=O)Nc2ccc(F)c(Cl)c2)CC1=O. The molecule has 0 aliphatic carbocycles. The molecule has 2 amide bonds. The fraction of sp³-hybridized carbons (Fsp3) is 0.263. The van der Waals surface area contributed by atoms with Gasteiger partial charge in [0.05, 0.1) is 10.9 Å². The lowest BCUT2D eigenvalue weighted by molar-refractivity contribution is -0.122. The first-order valence-electron chi connectivity index (χ1n) is 8.13. The van der Waals surface area contributed by atoms with Crippen molar-refractivity contribution in [2.75, 3.05) is 16.8 Å². The van der Waals surface area contributed by atoms with Crippen LogP contribution in [0.3, 0.4) is 0 Å². The number of rotatable bonds is 4. The second kappa shape index (κ2) is 7.23. The van der Waals surface area contributed by atoms with Crippen molar-refractivity contribution in [3.8, 4) is 0 Å². The van der Waals surface area contributed by atoms with Gasteiger partial charge in [-0.25, -0.2) is 4.39 Å². The second-order valence-electron chi connectivity index (χ2n) is 6.01. The third-order valence-corrected chi connectivity index (χ3v) is 4.64. The van der Waals surface area contributed by atoms with Crippen LogP contribution in [0.4, 0.5) is 15.8 Å². The summed E-state index contributed by atoms with van der Waals surface area (Å²) in [4.78, 5) is 26.5. The fourth-order valence-corrected chi connectivity index (χ4v) is 3.19. The van der Waals surface area contributed by atoms with Crippen LogP contribution in [0.15, 0.2) is 42.5 Å². The number of halogens is 2. The molecule has 2 aromatic carbocycles. The Morgan fingerprint density at radius 1 is 1.32 bits per heavy atom. The highest BCUT2D eigenvalue weighted by molar-refractivity contribution is 6.31. The minimum Gasteiger partial charge on any atom is -0.326 e. The summed E-state index contributed by atoms with van der Waals surface area (Å²) in [5.74, 6) is -1.34. The number of carbonyl (C=O) groups is 2. The van der Waals surface area contributed by atoms with Crippen LogP contribution in [0, 0.1) is 11.7 Å². The first-order chi connectivity index (χ1) is 12.0. The Bertz CT molecular complexity index is 825. The number of carbonyl (C=O) groups excluding carboxylic acids is 2. The highest BCUT2D eigenvalue weighted by Gasteiger charge is 2.35. The molecule has 2 aromatic rings. The van der Waals surface area contributed by atoms with E-state index in [2.05, 4.69) is 5.32 Å². The van der Waals surface area contributed by atoms with Gasteiger partial charge in [0, 0.05) is 24.3 Å². The smallest absolute Gasteiger partial charge is 0.229 e. The zero-order valence-electron chi connectivity index (χ0n) is 13.8. The summed E-state index contributed by atoms with van der Waals surface area (Å²) in [6.45, 7) is 2.36. The average Bonchev–Trinajstić information content (AvgIpc) is 3.00. The molecule has 0 radical (unpaired) electrons. The molecule has 0 spiro atoms. The maximum Gasteiger partial charge on any atom is 0.229 e. The van der Waals surface area contributed by atoms with Gasteiger partial charge in [-0.05, 0) is 36.2 Å². The predicted octanol–water partition coefficient (Wildman–Crippen LogP) is 4.03. The van der Waals surface area contributed by atoms with Gasteiger partial charge in [-0.1, -0.05) is 36.7 Å². The highest BCUT2D eigenvalue weighted by atomic mass is 35.5. The molecule has 1 saturated heterocycles. The maximum absolute atomic E-state index is 13.2. The van der Waals surface area contributed by atoms with Gasteiger partial charge < -0.3 is 10.2 Å². The average molecular weight is 361 g/mol. The maximum atomic E-state index is 13.2. The largest absolute Gasteiger partial charge is 0.326 e. The molecule has 0 aromatic heterocycles. The molecule has 1 atom stereocenters. The molecule has 1 fully saturated rings. The molecule has 0 saturated carbocycles. The lowest BCUT2D eigenvalue weighted by Gasteiger charge is -2.20. The summed E-state index contributed by atoms with van der Waals surface area (Å²) in [5.41, 5.74) is 2.34. The van der Waals surface area contributed by atoms with E-state index in [1.807, 2.05) is 31.2 Å². The Labute approximate surface area is 150 Å². The van der Waals surface area contributed by atoms with Crippen LogP contribution in [0.2, 0.25) is 5.02 Å². The number of hydrogen-bond donors (Lipinski definition) is 1. The molecule has 1 aliphatic heterocycles. The molecule has 0 bridgehead atoms. The summed E-state index contributed by atoms with van der Waals surface area (Å²) >= 11 is 5.73. The van der Waals surface area contributed by atoms with E-state index in [0.29, 0.717) is 12.2 Å². The van der Waals surface area contributed by atoms with E-state index in [1.165, 1.54) is 18.2 Å². The van der Waals surface area contributed by atoms with Gasteiger partial charge in [-0.15, -0.1) is 0 Å². The quantitative estimate of drug-likeness (QED) is 0.894. The van der Waals surface area contributed by atoms with Crippen LogP contribution < -0.4 is 10.2 Å². The molecule has 130 valence electrons. The van der Waals surface area contributed by atoms with E-state index < -0.39 is 11.7 Å². The molecule has 1 aliphatic rings. The Balaban J connectivity index is 1.73. The van der Waals surface area contributed by atoms with Crippen molar-refractivity contribution in [2.45, 2.75) is 19.8 Å². The third-order valence-electron chi connectivity index (χ3n) is 4.35. The van der Waals surface area contributed by atoms with Crippen LogP contribution in [0.25, 0.3) is 0 Å². The summed E-state index contributed by atoms with van der Waals surface area (Å²) in [7, 11) is 0. The summed E-state index contributed by atoms with van der Waals surface area (Å²) in [6.07, 6.45) is 0.962. The van der Waals surface area contributed by atoms with Crippen molar-refractivity contribution < 1.29 is 14.0 Å². The van der Waals surface area contributed by atoms with E-state index >= 15 is 0 Å². The van der Waals surface area contributed by atoms with Crippen LogP contribution in [0.1, 0.15) is 18.9 Å². The third kappa shape index (κ3) is 3.66. The predicted molar refractivity (Wildman–Crippen MR) is 96.3 cm³/mol. The Morgan fingerprint density at radius 3 is 2.80 bits per heavy atom. The molecular weight excluding hydrogens is 343 g/mol. The number of anilines is 2. The standard InChI is InChI=1S/C19H18ClFN2O2/c1-2-12-5-3-4-6-17(12)23-11-13(9-18(23)24)19(25)22-14-7-8-16(21)15(20)10-14/h3-8,10,13H,2,9,11H2,1H3,(H,22,25)/t13-/m0/s1. The van der Waals surface area contributed by atoms with Crippen molar-refractivity contribution in [2.24, 2.45) is 5.92 Å². The molecular formula is C19H18ClFN2O2. The zero-order chi connectivity index (χ0) is 18.0. The van der Waals surface area contributed by atoms with Crippen LogP contribution in [0.5, 0.6) is 0 Å². The fourth-order valence-electron chi connectivity index (χ4n) is 3.01. The van der Waals surface area contributed by atoms with Crippen molar-refractivity contribution in [1.82, 2.24) is 0 Å². The van der Waals surface area contributed by atoms with Gasteiger partial charge in [0.25, 0.3) is 0 Å². The number of nitrogens with zero attached hydrogens (tertiary/aromatic N) is 1. The normalized spacial score (nSPS) is 17.0. The minimum atomic E-state index is -0.543. The van der Waals surface area contributed by atoms with Crippen LogP contribution in [-0.4, -0.2) is 18.4 Å². The zero-order valence-corrected chi connectivity index (χ0v) is 14.5.